The van der Waals surface area contributed by atoms with Gasteiger partial charge in [0.25, 0.3) is 0 Å². The largest absolute Gasteiger partial charge is 0.478 e. The van der Waals surface area contributed by atoms with Crippen molar-refractivity contribution < 1.29 is 15.0 Å². The number of carbonyl (C=O) groups is 1. The Morgan fingerprint density at radius 3 is 2.50 bits per heavy atom. The molecular weight excluding hydrogens is 232 g/mol. The molecule has 0 saturated carbocycles. The predicted octanol–water partition coefficient (Wildman–Crippen LogP) is 1.70. The number of carboxylic acids is 1. The van der Waals surface area contributed by atoms with E-state index in [0.717, 1.165) is 0 Å². The fourth-order valence-electron chi connectivity index (χ4n) is 1.70. The van der Waals surface area contributed by atoms with E-state index in [1.54, 1.807) is 13.0 Å². The summed E-state index contributed by atoms with van der Waals surface area (Å²) in [4.78, 5) is 11.1. The number of hydrogen-bond acceptors (Lipinski definition) is 4. The Balaban J connectivity index is 3.07. The topological polar surface area (TPSA) is 95.6 Å². The maximum atomic E-state index is 11.1. The van der Waals surface area contributed by atoms with Crippen LogP contribution in [0.25, 0.3) is 0 Å². The smallest absolute Gasteiger partial charge is 0.337 e. The summed E-state index contributed by atoms with van der Waals surface area (Å²) in [7, 11) is 0. The molecule has 5 nitrogen and oxygen atoms in total. The first-order chi connectivity index (χ1) is 8.36. The van der Waals surface area contributed by atoms with Crippen LogP contribution in [0, 0.1) is 12.8 Å². The Hall–Kier alpha value is -1.75. The summed E-state index contributed by atoms with van der Waals surface area (Å²) in [6, 6.07) is 3.16. The minimum absolute atomic E-state index is 0.0104. The number of carboxylic acid groups (broad SMARTS) is 1. The van der Waals surface area contributed by atoms with Gasteiger partial charge in [0, 0.05) is 11.4 Å². The van der Waals surface area contributed by atoms with Crippen molar-refractivity contribution in [3.05, 3.63) is 23.3 Å². The molecule has 0 spiro atoms. The van der Waals surface area contributed by atoms with Gasteiger partial charge in [0.05, 0.1) is 18.2 Å². The number of aliphatic hydroxyl groups excluding tert-OH is 1. The average Bonchev–Trinajstić information content (AvgIpc) is 2.29. The van der Waals surface area contributed by atoms with Gasteiger partial charge in [-0.3, -0.25) is 0 Å². The molecule has 0 aliphatic carbocycles. The van der Waals surface area contributed by atoms with Crippen LogP contribution in [0.3, 0.4) is 0 Å². The Kier molecular flexibility index (Phi) is 4.55. The second kappa shape index (κ2) is 5.73. The molecule has 0 aliphatic heterocycles. The standard InChI is InChI=1S/C13H20N2O3/c1-7(2)11(6-16)15-9-4-8(3)12(14)10(5-9)13(17)18/h4-5,7,11,15-16H,6,14H2,1-3H3,(H,17,18). The van der Waals surface area contributed by atoms with Crippen molar-refractivity contribution in [1.29, 1.82) is 0 Å². The molecule has 0 fully saturated rings. The molecule has 1 rings (SSSR count). The Bertz CT molecular complexity index is 444. The normalized spacial score (nSPS) is 12.5. The SMILES string of the molecule is Cc1cc(NC(CO)C(C)C)cc(C(=O)O)c1N. The van der Waals surface area contributed by atoms with Gasteiger partial charge >= 0.3 is 5.97 Å². The van der Waals surface area contributed by atoms with Gasteiger partial charge in [-0.05, 0) is 30.5 Å². The summed E-state index contributed by atoms with van der Waals surface area (Å²) in [5.41, 5.74) is 7.44. The molecule has 1 unspecified atom stereocenters. The second-order valence-corrected chi connectivity index (χ2v) is 4.74. The van der Waals surface area contributed by atoms with E-state index in [2.05, 4.69) is 5.32 Å². The van der Waals surface area contributed by atoms with E-state index in [9.17, 15) is 9.90 Å². The molecule has 5 heteroatoms. The summed E-state index contributed by atoms with van der Waals surface area (Å²) in [6.45, 7) is 5.71. The van der Waals surface area contributed by atoms with Crippen LogP contribution in [0.5, 0.6) is 0 Å². The number of benzene rings is 1. The van der Waals surface area contributed by atoms with E-state index in [0.29, 0.717) is 11.3 Å². The third kappa shape index (κ3) is 3.13. The zero-order valence-corrected chi connectivity index (χ0v) is 10.9. The van der Waals surface area contributed by atoms with E-state index in [4.69, 9.17) is 10.8 Å². The number of nitrogens with one attached hydrogen (secondary N) is 1. The minimum atomic E-state index is -1.05. The molecule has 1 aromatic carbocycles. The first kappa shape index (κ1) is 14.3. The van der Waals surface area contributed by atoms with Crippen LogP contribution in [-0.4, -0.2) is 28.8 Å². The molecule has 0 radical (unpaired) electrons. The Labute approximate surface area is 107 Å². The molecule has 0 heterocycles. The fourth-order valence-corrected chi connectivity index (χ4v) is 1.70. The molecule has 100 valence electrons. The van der Waals surface area contributed by atoms with Gasteiger partial charge in [-0.1, -0.05) is 13.8 Å². The molecule has 1 aromatic rings. The molecular formula is C13H20N2O3. The lowest BCUT2D eigenvalue weighted by molar-refractivity contribution is 0.0698. The van der Waals surface area contributed by atoms with Crippen molar-refractivity contribution in [1.82, 2.24) is 0 Å². The molecule has 1 atom stereocenters. The molecule has 0 aliphatic rings. The monoisotopic (exact) mass is 252 g/mol. The van der Waals surface area contributed by atoms with Crippen molar-refractivity contribution in [3.8, 4) is 0 Å². The molecule has 5 N–H and O–H groups in total. The number of aliphatic hydroxyl groups is 1. The van der Waals surface area contributed by atoms with Crippen molar-refractivity contribution in [2.45, 2.75) is 26.8 Å². The van der Waals surface area contributed by atoms with Crippen LogP contribution in [-0.2, 0) is 0 Å². The first-order valence-electron chi connectivity index (χ1n) is 5.87. The van der Waals surface area contributed by atoms with Crippen molar-refractivity contribution in [2.24, 2.45) is 5.92 Å². The van der Waals surface area contributed by atoms with Crippen LogP contribution in [0.1, 0.15) is 29.8 Å². The fraction of sp³-hybridized carbons (Fsp3) is 0.462. The van der Waals surface area contributed by atoms with Crippen molar-refractivity contribution in [2.75, 3.05) is 17.7 Å². The zero-order valence-electron chi connectivity index (χ0n) is 10.9. The number of nitrogen functional groups attached to an aromatic ring is 1. The van der Waals surface area contributed by atoms with E-state index in [-0.39, 0.29) is 29.8 Å². The lowest BCUT2D eigenvalue weighted by Crippen LogP contribution is -2.29. The molecule has 0 amide bonds. The predicted molar refractivity (Wildman–Crippen MR) is 71.9 cm³/mol. The first-order valence-corrected chi connectivity index (χ1v) is 5.87. The quantitative estimate of drug-likeness (QED) is 0.598. The van der Waals surface area contributed by atoms with Gasteiger partial charge in [-0.15, -0.1) is 0 Å². The third-order valence-corrected chi connectivity index (χ3v) is 2.97. The number of rotatable bonds is 5. The van der Waals surface area contributed by atoms with Crippen LogP contribution in [0.15, 0.2) is 12.1 Å². The highest BCUT2D eigenvalue weighted by atomic mass is 16.4. The third-order valence-electron chi connectivity index (χ3n) is 2.97. The van der Waals surface area contributed by atoms with Crippen LogP contribution >= 0.6 is 0 Å². The summed E-state index contributed by atoms with van der Waals surface area (Å²) >= 11 is 0. The highest BCUT2D eigenvalue weighted by Crippen LogP contribution is 2.24. The lowest BCUT2D eigenvalue weighted by Gasteiger charge is -2.22. The maximum absolute atomic E-state index is 11.1. The van der Waals surface area contributed by atoms with E-state index in [1.165, 1.54) is 6.07 Å². The van der Waals surface area contributed by atoms with E-state index >= 15 is 0 Å². The van der Waals surface area contributed by atoms with Crippen LogP contribution in [0.2, 0.25) is 0 Å². The van der Waals surface area contributed by atoms with Gasteiger partial charge in [0.2, 0.25) is 0 Å². The van der Waals surface area contributed by atoms with E-state index in [1.807, 2.05) is 13.8 Å². The summed E-state index contributed by atoms with van der Waals surface area (Å²) in [5.74, 6) is -0.814. The number of nitrogens with two attached hydrogens (primary N) is 1. The Morgan fingerprint density at radius 2 is 2.06 bits per heavy atom. The van der Waals surface area contributed by atoms with Gasteiger partial charge in [0.1, 0.15) is 0 Å². The summed E-state index contributed by atoms with van der Waals surface area (Å²) in [6.07, 6.45) is 0. The highest BCUT2D eigenvalue weighted by molar-refractivity contribution is 5.95. The average molecular weight is 252 g/mol. The number of hydrogen-bond donors (Lipinski definition) is 4. The highest BCUT2D eigenvalue weighted by Gasteiger charge is 2.15. The summed E-state index contributed by atoms with van der Waals surface area (Å²) in [5, 5.41) is 21.4. The van der Waals surface area contributed by atoms with Crippen molar-refractivity contribution in [3.63, 3.8) is 0 Å². The number of aryl methyl sites for hydroxylation is 1. The molecule has 0 saturated heterocycles. The summed E-state index contributed by atoms with van der Waals surface area (Å²) < 4.78 is 0. The van der Waals surface area contributed by atoms with Crippen LogP contribution in [0.4, 0.5) is 11.4 Å². The number of aromatic carboxylic acids is 1. The Morgan fingerprint density at radius 1 is 1.44 bits per heavy atom. The molecule has 0 aromatic heterocycles. The number of anilines is 2. The van der Waals surface area contributed by atoms with Gasteiger partial charge in [0.15, 0.2) is 0 Å². The zero-order chi connectivity index (χ0) is 13.9. The lowest BCUT2D eigenvalue weighted by atomic mass is 10.0. The van der Waals surface area contributed by atoms with Gasteiger partial charge < -0.3 is 21.3 Å². The minimum Gasteiger partial charge on any atom is -0.478 e. The second-order valence-electron chi connectivity index (χ2n) is 4.74. The van der Waals surface area contributed by atoms with Gasteiger partial charge in [-0.25, -0.2) is 4.79 Å². The van der Waals surface area contributed by atoms with E-state index < -0.39 is 5.97 Å². The van der Waals surface area contributed by atoms with Crippen LogP contribution < -0.4 is 11.1 Å². The molecule has 18 heavy (non-hydrogen) atoms. The van der Waals surface area contributed by atoms with Gasteiger partial charge in [-0.2, -0.15) is 0 Å². The van der Waals surface area contributed by atoms with Crippen molar-refractivity contribution >= 4 is 17.3 Å². The maximum Gasteiger partial charge on any atom is 0.337 e. The molecule has 0 bridgehead atoms.